The van der Waals surface area contributed by atoms with E-state index in [0.29, 0.717) is 18.1 Å². The van der Waals surface area contributed by atoms with Crippen molar-refractivity contribution in [2.75, 3.05) is 0 Å². The molecule has 1 amide bonds. The van der Waals surface area contributed by atoms with Gasteiger partial charge >= 0.3 is 0 Å². The molecule has 22 heavy (non-hydrogen) atoms. The van der Waals surface area contributed by atoms with E-state index in [1.807, 2.05) is 37.3 Å². The van der Waals surface area contributed by atoms with Crippen molar-refractivity contribution in [2.24, 2.45) is 5.73 Å². The van der Waals surface area contributed by atoms with E-state index in [1.54, 1.807) is 13.8 Å². The van der Waals surface area contributed by atoms with Crippen molar-refractivity contribution in [3.63, 3.8) is 0 Å². The topological polar surface area (TPSA) is 94.0 Å². The molecule has 118 valence electrons. The summed E-state index contributed by atoms with van der Waals surface area (Å²) in [5, 5.41) is 6.77. The summed E-state index contributed by atoms with van der Waals surface area (Å²) in [4.78, 5) is 16.5. The summed E-state index contributed by atoms with van der Waals surface area (Å²) < 4.78 is 5.24. The van der Waals surface area contributed by atoms with E-state index in [0.717, 1.165) is 12.0 Å². The number of aromatic nitrogens is 2. The van der Waals surface area contributed by atoms with Crippen LogP contribution in [0.15, 0.2) is 34.9 Å². The van der Waals surface area contributed by atoms with Crippen LogP contribution in [0, 0.1) is 0 Å². The van der Waals surface area contributed by atoms with Crippen LogP contribution in [-0.4, -0.2) is 21.6 Å². The predicted molar refractivity (Wildman–Crippen MR) is 83.8 cm³/mol. The lowest BCUT2D eigenvalue weighted by Crippen LogP contribution is -2.52. The van der Waals surface area contributed by atoms with Crippen LogP contribution in [0.1, 0.15) is 45.5 Å². The molecule has 0 bridgehead atoms. The molecule has 0 saturated carbocycles. The smallest absolute Gasteiger partial charge is 0.257 e. The Balaban J connectivity index is 2.06. The number of nitrogens with zero attached hydrogens (tertiary/aromatic N) is 2. The van der Waals surface area contributed by atoms with Crippen LogP contribution in [0.3, 0.4) is 0 Å². The molecule has 0 fully saturated rings. The lowest BCUT2D eigenvalue weighted by Gasteiger charge is -2.24. The maximum Gasteiger partial charge on any atom is 0.257 e. The van der Waals surface area contributed by atoms with Crippen LogP contribution in [0.4, 0.5) is 0 Å². The van der Waals surface area contributed by atoms with E-state index in [4.69, 9.17) is 10.3 Å². The number of carbonyl (C=O) groups is 1. The summed E-state index contributed by atoms with van der Waals surface area (Å²) in [5.41, 5.74) is 5.97. The molecule has 0 aliphatic carbocycles. The number of nitrogens with one attached hydrogen (secondary N) is 1. The van der Waals surface area contributed by atoms with E-state index >= 15 is 0 Å². The monoisotopic (exact) mass is 302 g/mol. The number of amides is 1. The third-order valence-electron chi connectivity index (χ3n) is 3.49. The van der Waals surface area contributed by atoms with Gasteiger partial charge in [-0.15, -0.1) is 0 Å². The molecule has 0 aliphatic rings. The molecule has 0 radical (unpaired) electrons. The predicted octanol–water partition coefficient (Wildman–Crippen LogP) is 2.43. The van der Waals surface area contributed by atoms with E-state index in [-0.39, 0.29) is 11.9 Å². The first-order chi connectivity index (χ1) is 10.4. The van der Waals surface area contributed by atoms with Crippen LogP contribution in [0.2, 0.25) is 0 Å². The number of rotatable bonds is 6. The van der Waals surface area contributed by atoms with Gasteiger partial charge in [0.25, 0.3) is 5.89 Å². The van der Waals surface area contributed by atoms with Crippen LogP contribution < -0.4 is 11.1 Å². The van der Waals surface area contributed by atoms with Gasteiger partial charge in [-0.05, 0) is 32.4 Å². The summed E-state index contributed by atoms with van der Waals surface area (Å²) in [7, 11) is 0. The zero-order valence-electron chi connectivity index (χ0n) is 13.2. The molecule has 3 N–H and O–H groups in total. The molecule has 1 aromatic heterocycles. The lowest BCUT2D eigenvalue weighted by molar-refractivity contribution is -0.126. The first kappa shape index (κ1) is 16.2. The molecule has 1 aromatic carbocycles. The van der Waals surface area contributed by atoms with Crippen molar-refractivity contribution in [1.29, 1.82) is 0 Å². The molecule has 6 nitrogen and oxygen atoms in total. The average Bonchev–Trinajstić information content (AvgIpc) is 2.98. The molecular weight excluding hydrogens is 280 g/mol. The van der Waals surface area contributed by atoms with Gasteiger partial charge in [0.15, 0.2) is 5.82 Å². The zero-order valence-corrected chi connectivity index (χ0v) is 13.2. The van der Waals surface area contributed by atoms with Crippen molar-refractivity contribution in [2.45, 2.75) is 45.2 Å². The van der Waals surface area contributed by atoms with Crippen molar-refractivity contribution in [3.8, 4) is 11.5 Å². The van der Waals surface area contributed by atoms with Gasteiger partial charge in [-0.1, -0.05) is 36.7 Å². The highest BCUT2D eigenvalue weighted by Gasteiger charge is 2.29. The van der Waals surface area contributed by atoms with Crippen molar-refractivity contribution in [1.82, 2.24) is 15.5 Å². The Morgan fingerprint density at radius 2 is 2.09 bits per heavy atom. The summed E-state index contributed by atoms with van der Waals surface area (Å²) >= 11 is 0. The zero-order chi connectivity index (χ0) is 16.2. The number of hydrogen-bond acceptors (Lipinski definition) is 5. The molecule has 2 aromatic rings. The van der Waals surface area contributed by atoms with Gasteiger partial charge in [0.1, 0.15) is 0 Å². The molecule has 0 saturated heterocycles. The Morgan fingerprint density at radius 3 is 2.73 bits per heavy atom. The quantitative estimate of drug-likeness (QED) is 0.854. The Labute approximate surface area is 130 Å². The van der Waals surface area contributed by atoms with E-state index in [1.165, 1.54) is 0 Å². The standard InChI is InChI=1S/C16H22N4O2/c1-4-10-16(3,17)15(21)18-11(2)13-19-14(22-20-13)12-8-6-5-7-9-12/h5-9,11H,4,10,17H2,1-3H3,(H,18,21). The third kappa shape index (κ3) is 3.71. The molecule has 0 spiro atoms. The fraction of sp³-hybridized carbons (Fsp3) is 0.438. The summed E-state index contributed by atoms with van der Waals surface area (Å²) in [6.07, 6.45) is 1.46. The van der Waals surface area contributed by atoms with Gasteiger partial charge in [0.05, 0.1) is 11.6 Å². The number of carbonyl (C=O) groups excluding carboxylic acids is 1. The fourth-order valence-corrected chi connectivity index (χ4v) is 2.17. The van der Waals surface area contributed by atoms with Gasteiger partial charge in [0.2, 0.25) is 5.91 Å². The molecule has 6 heteroatoms. The summed E-state index contributed by atoms with van der Waals surface area (Å²) in [6, 6.07) is 9.12. The SMILES string of the molecule is CCCC(C)(N)C(=O)NC(C)c1noc(-c2ccccc2)n1. The second kappa shape index (κ2) is 6.70. The lowest BCUT2D eigenvalue weighted by atomic mass is 9.96. The van der Waals surface area contributed by atoms with E-state index < -0.39 is 5.54 Å². The van der Waals surface area contributed by atoms with E-state index in [2.05, 4.69) is 15.5 Å². The maximum absolute atomic E-state index is 12.2. The van der Waals surface area contributed by atoms with Crippen LogP contribution in [0.5, 0.6) is 0 Å². The Bertz CT molecular complexity index is 622. The Morgan fingerprint density at radius 1 is 1.41 bits per heavy atom. The average molecular weight is 302 g/mol. The van der Waals surface area contributed by atoms with Crippen molar-refractivity contribution < 1.29 is 9.32 Å². The first-order valence-electron chi connectivity index (χ1n) is 7.43. The van der Waals surface area contributed by atoms with Gasteiger partial charge in [-0.25, -0.2) is 0 Å². The van der Waals surface area contributed by atoms with Crippen LogP contribution in [-0.2, 0) is 4.79 Å². The molecule has 2 rings (SSSR count). The number of benzene rings is 1. The number of hydrogen-bond donors (Lipinski definition) is 2. The Kier molecular flexibility index (Phi) is 4.92. The van der Waals surface area contributed by atoms with Gasteiger partial charge in [0, 0.05) is 5.56 Å². The van der Waals surface area contributed by atoms with Gasteiger partial charge < -0.3 is 15.6 Å². The minimum absolute atomic E-state index is 0.215. The highest BCUT2D eigenvalue weighted by molar-refractivity contribution is 5.85. The van der Waals surface area contributed by atoms with Gasteiger partial charge in [-0.3, -0.25) is 4.79 Å². The van der Waals surface area contributed by atoms with Crippen molar-refractivity contribution in [3.05, 3.63) is 36.2 Å². The molecule has 2 atom stereocenters. The highest BCUT2D eigenvalue weighted by atomic mass is 16.5. The normalized spacial score (nSPS) is 15.1. The first-order valence-corrected chi connectivity index (χ1v) is 7.43. The summed E-state index contributed by atoms with van der Waals surface area (Å²) in [6.45, 7) is 5.52. The second-order valence-corrected chi connectivity index (χ2v) is 5.69. The Hall–Kier alpha value is -2.21. The second-order valence-electron chi connectivity index (χ2n) is 5.69. The maximum atomic E-state index is 12.2. The number of nitrogens with two attached hydrogens (primary N) is 1. The third-order valence-corrected chi connectivity index (χ3v) is 3.49. The van der Waals surface area contributed by atoms with Gasteiger partial charge in [-0.2, -0.15) is 4.98 Å². The molecule has 2 unspecified atom stereocenters. The largest absolute Gasteiger partial charge is 0.345 e. The van der Waals surface area contributed by atoms with E-state index in [9.17, 15) is 4.79 Å². The highest BCUT2D eigenvalue weighted by Crippen LogP contribution is 2.19. The minimum Gasteiger partial charge on any atom is -0.345 e. The van der Waals surface area contributed by atoms with Crippen LogP contribution >= 0.6 is 0 Å². The van der Waals surface area contributed by atoms with Crippen LogP contribution in [0.25, 0.3) is 11.5 Å². The summed E-state index contributed by atoms with van der Waals surface area (Å²) in [5.74, 6) is 0.646. The molecule has 1 heterocycles. The van der Waals surface area contributed by atoms with Crippen molar-refractivity contribution >= 4 is 5.91 Å². The molecular formula is C16H22N4O2. The minimum atomic E-state index is -0.894. The molecule has 0 aliphatic heterocycles. The fourth-order valence-electron chi connectivity index (χ4n) is 2.17.